The van der Waals surface area contributed by atoms with Gasteiger partial charge in [0.05, 0.1) is 16.0 Å². The summed E-state index contributed by atoms with van der Waals surface area (Å²) in [5.41, 5.74) is 0. The molecule has 0 amide bonds. The molecule has 0 spiro atoms. The molecule has 1 aromatic carbocycles. The standard InChI is InChI=1S/C11H14ClFO3S/c1-8(2)17(14,15)6-5-16-9-3-4-10(12)11(13)7-9/h3-4,7-8H,5-6H2,1-2H3. The van der Waals surface area contributed by atoms with Crippen LogP contribution in [0.25, 0.3) is 0 Å². The first-order valence-corrected chi connectivity index (χ1v) is 7.21. The monoisotopic (exact) mass is 280 g/mol. The number of rotatable bonds is 5. The lowest BCUT2D eigenvalue weighted by atomic mass is 10.3. The smallest absolute Gasteiger partial charge is 0.155 e. The molecule has 96 valence electrons. The zero-order valence-electron chi connectivity index (χ0n) is 9.61. The van der Waals surface area contributed by atoms with Gasteiger partial charge in [-0.3, -0.25) is 0 Å². The van der Waals surface area contributed by atoms with Crippen LogP contribution in [-0.4, -0.2) is 26.0 Å². The van der Waals surface area contributed by atoms with E-state index in [9.17, 15) is 12.8 Å². The Morgan fingerprint density at radius 3 is 2.59 bits per heavy atom. The van der Waals surface area contributed by atoms with Crippen LogP contribution in [0, 0.1) is 5.82 Å². The molecule has 6 heteroatoms. The number of sulfone groups is 1. The molecule has 0 saturated heterocycles. The first-order chi connectivity index (χ1) is 7.83. The third-order valence-electron chi connectivity index (χ3n) is 2.25. The van der Waals surface area contributed by atoms with Gasteiger partial charge in [0.1, 0.15) is 18.2 Å². The lowest BCUT2D eigenvalue weighted by molar-refractivity contribution is 0.338. The van der Waals surface area contributed by atoms with E-state index in [4.69, 9.17) is 16.3 Å². The molecule has 3 nitrogen and oxygen atoms in total. The van der Waals surface area contributed by atoms with Crippen LogP contribution in [0.3, 0.4) is 0 Å². The zero-order valence-corrected chi connectivity index (χ0v) is 11.2. The Balaban J connectivity index is 2.55. The summed E-state index contributed by atoms with van der Waals surface area (Å²) in [6.07, 6.45) is 0. The predicted molar refractivity (Wildman–Crippen MR) is 65.8 cm³/mol. The minimum absolute atomic E-state index is 0.00157. The first-order valence-electron chi connectivity index (χ1n) is 5.12. The van der Waals surface area contributed by atoms with Crippen LogP contribution in [0.15, 0.2) is 18.2 Å². The maximum atomic E-state index is 13.0. The third-order valence-corrected chi connectivity index (χ3v) is 4.72. The first kappa shape index (κ1) is 14.3. The van der Waals surface area contributed by atoms with Crippen LogP contribution < -0.4 is 4.74 Å². The van der Waals surface area contributed by atoms with Crippen LogP contribution in [-0.2, 0) is 9.84 Å². The van der Waals surface area contributed by atoms with Crippen LogP contribution in [0.4, 0.5) is 4.39 Å². The van der Waals surface area contributed by atoms with Crippen molar-refractivity contribution in [3.05, 3.63) is 29.0 Å². The molecule has 0 saturated carbocycles. The van der Waals surface area contributed by atoms with Gasteiger partial charge in [-0.25, -0.2) is 12.8 Å². The van der Waals surface area contributed by atoms with E-state index >= 15 is 0 Å². The second kappa shape index (κ2) is 5.69. The quantitative estimate of drug-likeness (QED) is 0.833. The minimum Gasteiger partial charge on any atom is -0.492 e. The van der Waals surface area contributed by atoms with Crippen LogP contribution in [0.5, 0.6) is 5.75 Å². The molecule has 1 rings (SSSR count). The fourth-order valence-electron chi connectivity index (χ4n) is 1.08. The van der Waals surface area contributed by atoms with E-state index in [0.29, 0.717) is 0 Å². The summed E-state index contributed by atoms with van der Waals surface area (Å²) in [5.74, 6) is -0.406. The van der Waals surface area contributed by atoms with Gasteiger partial charge in [-0.15, -0.1) is 0 Å². The molecule has 0 atom stereocenters. The molecular formula is C11H14ClFO3S. The molecule has 0 aromatic heterocycles. The molecule has 0 fully saturated rings. The third kappa shape index (κ3) is 4.16. The average Bonchev–Trinajstić information content (AvgIpc) is 2.23. The molecule has 0 aliphatic heterocycles. The lowest BCUT2D eigenvalue weighted by Gasteiger charge is -2.09. The van der Waals surface area contributed by atoms with E-state index in [2.05, 4.69) is 0 Å². The number of hydrogen-bond donors (Lipinski definition) is 0. The summed E-state index contributed by atoms with van der Waals surface area (Å²) in [5, 5.41) is -0.430. The molecule has 0 aliphatic rings. The van der Waals surface area contributed by atoms with Crippen molar-refractivity contribution in [3.8, 4) is 5.75 Å². The SMILES string of the molecule is CC(C)S(=O)(=O)CCOc1ccc(Cl)c(F)c1. The number of halogens is 2. The van der Waals surface area contributed by atoms with Gasteiger partial charge in [-0.05, 0) is 26.0 Å². The highest BCUT2D eigenvalue weighted by atomic mass is 35.5. The van der Waals surface area contributed by atoms with E-state index in [1.54, 1.807) is 13.8 Å². The number of benzene rings is 1. The van der Waals surface area contributed by atoms with Crippen LogP contribution in [0.1, 0.15) is 13.8 Å². The van der Waals surface area contributed by atoms with Gasteiger partial charge in [-0.2, -0.15) is 0 Å². The Kier molecular flexibility index (Phi) is 4.77. The minimum atomic E-state index is -3.13. The predicted octanol–water partition coefficient (Wildman–Crippen LogP) is 2.68. The number of ether oxygens (including phenoxy) is 1. The van der Waals surface area contributed by atoms with Crippen molar-refractivity contribution < 1.29 is 17.5 Å². The van der Waals surface area contributed by atoms with Gasteiger partial charge in [0.25, 0.3) is 0 Å². The van der Waals surface area contributed by atoms with E-state index in [0.717, 1.165) is 6.07 Å². The molecule has 1 aromatic rings. The zero-order chi connectivity index (χ0) is 13.1. The Hall–Kier alpha value is -0.810. The van der Waals surface area contributed by atoms with Gasteiger partial charge < -0.3 is 4.74 Å². The topological polar surface area (TPSA) is 43.4 Å². The van der Waals surface area contributed by atoms with Gasteiger partial charge in [0, 0.05) is 6.07 Å². The van der Waals surface area contributed by atoms with Crippen molar-refractivity contribution >= 4 is 21.4 Å². The van der Waals surface area contributed by atoms with Crippen molar-refractivity contribution in [2.24, 2.45) is 0 Å². The summed E-state index contributed by atoms with van der Waals surface area (Å²) < 4.78 is 41.1. The lowest BCUT2D eigenvalue weighted by Crippen LogP contribution is -2.22. The highest BCUT2D eigenvalue weighted by molar-refractivity contribution is 7.91. The van der Waals surface area contributed by atoms with E-state index < -0.39 is 20.9 Å². The summed E-state index contributed by atoms with van der Waals surface area (Å²) in [7, 11) is -3.13. The molecule has 0 N–H and O–H groups in total. The van der Waals surface area contributed by atoms with E-state index in [-0.39, 0.29) is 23.1 Å². The van der Waals surface area contributed by atoms with E-state index in [1.807, 2.05) is 0 Å². The maximum absolute atomic E-state index is 13.0. The van der Waals surface area contributed by atoms with Gasteiger partial charge in [0.2, 0.25) is 0 Å². The fourth-order valence-corrected chi connectivity index (χ4v) is 1.98. The molecule has 0 bridgehead atoms. The average molecular weight is 281 g/mol. The molecular weight excluding hydrogens is 267 g/mol. The highest BCUT2D eigenvalue weighted by Crippen LogP contribution is 2.20. The maximum Gasteiger partial charge on any atom is 0.155 e. The van der Waals surface area contributed by atoms with Crippen molar-refractivity contribution in [2.45, 2.75) is 19.1 Å². The second-order valence-corrected chi connectivity index (χ2v) is 6.92. The van der Waals surface area contributed by atoms with Gasteiger partial charge >= 0.3 is 0 Å². The fraction of sp³-hybridized carbons (Fsp3) is 0.455. The molecule has 0 aliphatic carbocycles. The van der Waals surface area contributed by atoms with Gasteiger partial charge in [-0.1, -0.05) is 11.6 Å². The van der Waals surface area contributed by atoms with Crippen molar-refractivity contribution in [1.29, 1.82) is 0 Å². The normalized spacial score (nSPS) is 11.8. The summed E-state index contributed by atoms with van der Waals surface area (Å²) in [6, 6.07) is 3.99. The molecule has 0 heterocycles. The molecule has 0 radical (unpaired) electrons. The molecule has 0 unspecified atom stereocenters. The Labute approximate surface area is 105 Å². The van der Waals surface area contributed by atoms with Crippen LogP contribution in [0.2, 0.25) is 5.02 Å². The van der Waals surface area contributed by atoms with Crippen molar-refractivity contribution in [2.75, 3.05) is 12.4 Å². The van der Waals surface area contributed by atoms with E-state index in [1.165, 1.54) is 12.1 Å². The Morgan fingerprint density at radius 1 is 1.41 bits per heavy atom. The summed E-state index contributed by atoms with van der Waals surface area (Å²) in [6.45, 7) is 3.22. The summed E-state index contributed by atoms with van der Waals surface area (Å²) >= 11 is 5.50. The largest absolute Gasteiger partial charge is 0.492 e. The van der Waals surface area contributed by atoms with Gasteiger partial charge in [0.15, 0.2) is 9.84 Å². The Morgan fingerprint density at radius 2 is 2.06 bits per heavy atom. The molecule has 17 heavy (non-hydrogen) atoms. The second-order valence-electron chi connectivity index (χ2n) is 3.84. The van der Waals surface area contributed by atoms with Crippen molar-refractivity contribution in [1.82, 2.24) is 0 Å². The number of hydrogen-bond acceptors (Lipinski definition) is 3. The Bertz CT molecular complexity index is 485. The summed E-state index contributed by atoms with van der Waals surface area (Å²) in [4.78, 5) is 0. The van der Waals surface area contributed by atoms with Crippen LogP contribution >= 0.6 is 11.6 Å². The highest BCUT2D eigenvalue weighted by Gasteiger charge is 2.15. The van der Waals surface area contributed by atoms with Crippen molar-refractivity contribution in [3.63, 3.8) is 0 Å².